The van der Waals surface area contributed by atoms with Gasteiger partial charge in [-0.15, -0.1) is 0 Å². The predicted octanol–water partition coefficient (Wildman–Crippen LogP) is 3.33. The van der Waals surface area contributed by atoms with Crippen LogP contribution in [0.1, 0.15) is 18.1 Å². The van der Waals surface area contributed by atoms with Gasteiger partial charge < -0.3 is 9.84 Å². The molecule has 0 atom stereocenters. The normalized spacial score (nSPS) is 11.4. The van der Waals surface area contributed by atoms with Crippen LogP contribution in [0.15, 0.2) is 53.5 Å². The Morgan fingerprint density at radius 1 is 1.05 bits per heavy atom. The van der Waals surface area contributed by atoms with E-state index < -0.39 is 0 Å². The van der Waals surface area contributed by atoms with E-state index in [1.807, 2.05) is 55.5 Å². The molecule has 0 aromatic heterocycles. The zero-order valence-electron chi connectivity index (χ0n) is 11.1. The monoisotopic (exact) mass is 255 g/mol. The molecule has 0 fully saturated rings. The molecular weight excluding hydrogens is 238 g/mol. The number of methoxy groups -OCH3 is 1. The minimum absolute atomic E-state index is 0.0644. The standard InChI is InChI=1S/C16H17NO2/c1-12(14-5-3-13(11-18)4-6-14)17-15-7-9-16(19-2)10-8-15/h3-10,18H,11H2,1-2H3. The van der Waals surface area contributed by atoms with Crippen molar-refractivity contribution in [3.63, 3.8) is 0 Å². The number of aliphatic hydroxyl groups excluding tert-OH is 1. The van der Waals surface area contributed by atoms with Gasteiger partial charge in [0.05, 0.1) is 19.4 Å². The summed E-state index contributed by atoms with van der Waals surface area (Å²) >= 11 is 0. The van der Waals surface area contributed by atoms with Crippen LogP contribution in [-0.4, -0.2) is 17.9 Å². The summed E-state index contributed by atoms with van der Waals surface area (Å²) in [5, 5.41) is 9.01. The summed E-state index contributed by atoms with van der Waals surface area (Å²) in [5.74, 6) is 0.823. The maximum Gasteiger partial charge on any atom is 0.119 e. The molecule has 98 valence electrons. The number of hydrogen-bond donors (Lipinski definition) is 1. The van der Waals surface area contributed by atoms with Gasteiger partial charge in [-0.25, -0.2) is 0 Å². The van der Waals surface area contributed by atoms with Crippen LogP contribution < -0.4 is 4.74 Å². The molecule has 2 aromatic rings. The minimum atomic E-state index is 0.0644. The first-order chi connectivity index (χ1) is 9.22. The lowest BCUT2D eigenvalue weighted by atomic mass is 10.1. The fourth-order valence-electron chi connectivity index (χ4n) is 1.77. The minimum Gasteiger partial charge on any atom is -0.497 e. The van der Waals surface area contributed by atoms with E-state index in [4.69, 9.17) is 9.84 Å². The maximum atomic E-state index is 9.01. The molecular formula is C16H17NO2. The van der Waals surface area contributed by atoms with E-state index in [1.54, 1.807) is 7.11 Å². The average Bonchev–Trinajstić information content (AvgIpc) is 2.48. The molecule has 0 spiro atoms. The first-order valence-electron chi connectivity index (χ1n) is 6.12. The maximum absolute atomic E-state index is 9.01. The molecule has 0 aliphatic heterocycles. The van der Waals surface area contributed by atoms with Crippen LogP contribution in [0.25, 0.3) is 0 Å². The van der Waals surface area contributed by atoms with Gasteiger partial charge in [-0.1, -0.05) is 24.3 Å². The van der Waals surface area contributed by atoms with Crippen molar-refractivity contribution in [1.82, 2.24) is 0 Å². The summed E-state index contributed by atoms with van der Waals surface area (Å²) < 4.78 is 5.11. The molecule has 0 saturated heterocycles. The highest BCUT2D eigenvalue weighted by Crippen LogP contribution is 2.19. The van der Waals surface area contributed by atoms with Gasteiger partial charge in [0.15, 0.2) is 0 Å². The van der Waals surface area contributed by atoms with Crippen LogP contribution in [0.2, 0.25) is 0 Å². The van der Waals surface area contributed by atoms with Crippen LogP contribution in [-0.2, 0) is 6.61 Å². The quantitative estimate of drug-likeness (QED) is 0.851. The third-order valence-electron chi connectivity index (χ3n) is 2.92. The molecule has 0 aliphatic rings. The second-order valence-corrected chi connectivity index (χ2v) is 4.25. The zero-order chi connectivity index (χ0) is 13.7. The third-order valence-corrected chi connectivity index (χ3v) is 2.92. The van der Waals surface area contributed by atoms with Crippen LogP contribution in [0.3, 0.4) is 0 Å². The third kappa shape index (κ3) is 3.42. The van der Waals surface area contributed by atoms with E-state index >= 15 is 0 Å². The van der Waals surface area contributed by atoms with E-state index in [-0.39, 0.29) is 6.61 Å². The van der Waals surface area contributed by atoms with Gasteiger partial charge in [-0.3, -0.25) is 4.99 Å². The lowest BCUT2D eigenvalue weighted by Crippen LogP contribution is -1.94. The van der Waals surface area contributed by atoms with Gasteiger partial charge in [0, 0.05) is 5.71 Å². The number of nitrogens with zero attached hydrogens (tertiary/aromatic N) is 1. The number of ether oxygens (including phenoxy) is 1. The number of aliphatic hydroxyl groups is 1. The molecule has 0 bridgehead atoms. The fourth-order valence-corrected chi connectivity index (χ4v) is 1.77. The van der Waals surface area contributed by atoms with Crippen LogP contribution in [0.5, 0.6) is 5.75 Å². The molecule has 0 heterocycles. The van der Waals surface area contributed by atoms with Gasteiger partial charge in [0.25, 0.3) is 0 Å². The SMILES string of the molecule is COc1ccc(N=C(C)c2ccc(CO)cc2)cc1. The van der Waals surface area contributed by atoms with Crippen molar-refractivity contribution in [1.29, 1.82) is 0 Å². The highest BCUT2D eigenvalue weighted by molar-refractivity contribution is 6.00. The molecule has 3 nitrogen and oxygen atoms in total. The Morgan fingerprint density at radius 2 is 1.68 bits per heavy atom. The number of hydrogen-bond acceptors (Lipinski definition) is 3. The molecule has 3 heteroatoms. The lowest BCUT2D eigenvalue weighted by Gasteiger charge is -2.03. The summed E-state index contributed by atoms with van der Waals surface area (Å²) in [6.07, 6.45) is 0. The van der Waals surface area contributed by atoms with Crippen molar-refractivity contribution in [3.05, 3.63) is 59.7 Å². The highest BCUT2D eigenvalue weighted by atomic mass is 16.5. The first-order valence-corrected chi connectivity index (χ1v) is 6.12. The Kier molecular flexibility index (Phi) is 4.31. The molecule has 0 amide bonds. The van der Waals surface area contributed by atoms with Crippen LogP contribution in [0.4, 0.5) is 5.69 Å². The van der Waals surface area contributed by atoms with Crippen LogP contribution in [0, 0.1) is 0 Å². The molecule has 19 heavy (non-hydrogen) atoms. The van der Waals surface area contributed by atoms with Crippen molar-refractivity contribution >= 4 is 11.4 Å². The zero-order valence-corrected chi connectivity index (χ0v) is 11.1. The van der Waals surface area contributed by atoms with Gasteiger partial charge in [-0.05, 0) is 42.3 Å². The van der Waals surface area contributed by atoms with Crippen molar-refractivity contribution in [2.45, 2.75) is 13.5 Å². The molecule has 1 N–H and O–H groups in total. The molecule has 0 unspecified atom stereocenters. The Morgan fingerprint density at radius 3 is 2.21 bits per heavy atom. The summed E-state index contributed by atoms with van der Waals surface area (Å²) in [6, 6.07) is 15.4. The van der Waals surface area contributed by atoms with Gasteiger partial charge in [0.1, 0.15) is 5.75 Å². The van der Waals surface area contributed by atoms with Crippen molar-refractivity contribution in [2.75, 3.05) is 7.11 Å². The number of aliphatic imine (C=N–C) groups is 1. The van der Waals surface area contributed by atoms with E-state index in [2.05, 4.69) is 4.99 Å². The van der Waals surface area contributed by atoms with Crippen molar-refractivity contribution in [2.24, 2.45) is 4.99 Å². The second-order valence-electron chi connectivity index (χ2n) is 4.25. The van der Waals surface area contributed by atoms with Gasteiger partial charge in [-0.2, -0.15) is 0 Å². The van der Waals surface area contributed by atoms with Gasteiger partial charge >= 0.3 is 0 Å². The van der Waals surface area contributed by atoms with Gasteiger partial charge in [0.2, 0.25) is 0 Å². The number of rotatable bonds is 4. The second kappa shape index (κ2) is 6.16. The summed E-state index contributed by atoms with van der Waals surface area (Å²) in [7, 11) is 1.65. The van der Waals surface area contributed by atoms with E-state index in [0.29, 0.717) is 0 Å². The van der Waals surface area contributed by atoms with E-state index in [0.717, 1.165) is 28.3 Å². The Balaban J connectivity index is 2.20. The summed E-state index contributed by atoms with van der Waals surface area (Å²) in [4.78, 5) is 4.56. The van der Waals surface area contributed by atoms with Crippen molar-refractivity contribution in [3.8, 4) is 5.75 Å². The highest BCUT2D eigenvalue weighted by Gasteiger charge is 1.99. The Labute approximate surface area is 113 Å². The topological polar surface area (TPSA) is 41.8 Å². The Hall–Kier alpha value is -2.13. The molecule has 0 radical (unpaired) electrons. The predicted molar refractivity (Wildman–Crippen MR) is 77.2 cm³/mol. The molecule has 0 saturated carbocycles. The molecule has 0 aliphatic carbocycles. The number of benzene rings is 2. The van der Waals surface area contributed by atoms with Crippen LogP contribution >= 0.6 is 0 Å². The first kappa shape index (κ1) is 13.3. The Bertz CT molecular complexity index is 556. The smallest absolute Gasteiger partial charge is 0.119 e. The summed E-state index contributed by atoms with van der Waals surface area (Å²) in [6.45, 7) is 2.03. The average molecular weight is 255 g/mol. The molecule has 2 rings (SSSR count). The fraction of sp³-hybridized carbons (Fsp3) is 0.188. The van der Waals surface area contributed by atoms with E-state index in [9.17, 15) is 0 Å². The lowest BCUT2D eigenvalue weighted by molar-refractivity contribution is 0.282. The molecule has 2 aromatic carbocycles. The van der Waals surface area contributed by atoms with Crippen molar-refractivity contribution < 1.29 is 9.84 Å². The largest absolute Gasteiger partial charge is 0.497 e. The van der Waals surface area contributed by atoms with E-state index in [1.165, 1.54) is 0 Å². The summed E-state index contributed by atoms with van der Waals surface area (Å²) in [5.41, 5.74) is 3.79.